The van der Waals surface area contributed by atoms with E-state index in [0.717, 1.165) is 29.0 Å². The molecule has 4 heteroatoms. The summed E-state index contributed by atoms with van der Waals surface area (Å²) in [4.78, 5) is 16.6. The minimum absolute atomic E-state index is 0.122. The van der Waals surface area contributed by atoms with Crippen molar-refractivity contribution < 1.29 is 4.79 Å². The largest absolute Gasteiger partial charge is 0.345 e. The fourth-order valence-electron chi connectivity index (χ4n) is 2.57. The Balaban J connectivity index is 1.68. The summed E-state index contributed by atoms with van der Waals surface area (Å²) in [5.74, 6) is 0.749. The van der Waals surface area contributed by atoms with Crippen LogP contribution in [0.3, 0.4) is 0 Å². The van der Waals surface area contributed by atoms with Crippen LogP contribution in [0.1, 0.15) is 18.3 Å². The molecular weight excluding hydrogens is 286 g/mol. The number of aryl methyl sites for hydroxylation is 1. The molecule has 0 aliphatic rings. The molecule has 0 spiro atoms. The third-order valence-electron chi connectivity index (χ3n) is 3.70. The summed E-state index contributed by atoms with van der Waals surface area (Å²) < 4.78 is 2.12. The van der Waals surface area contributed by atoms with Crippen molar-refractivity contribution in [2.75, 3.05) is 0 Å². The molecule has 0 atom stereocenters. The molecule has 0 saturated heterocycles. The number of carbonyl (C=O) groups is 1. The van der Waals surface area contributed by atoms with Crippen molar-refractivity contribution in [3.05, 3.63) is 72.1 Å². The number of rotatable bonds is 5. The van der Waals surface area contributed by atoms with Gasteiger partial charge in [-0.1, -0.05) is 42.5 Å². The number of para-hydroxylation sites is 2. The summed E-state index contributed by atoms with van der Waals surface area (Å²) in [7, 11) is 0. The number of amides is 1. The average Bonchev–Trinajstić information content (AvgIpc) is 2.96. The lowest BCUT2D eigenvalue weighted by Crippen LogP contribution is -2.22. The second kappa shape index (κ2) is 6.92. The summed E-state index contributed by atoms with van der Waals surface area (Å²) in [5, 5.41) is 2.90. The van der Waals surface area contributed by atoms with Gasteiger partial charge in [0, 0.05) is 12.6 Å². The van der Waals surface area contributed by atoms with Gasteiger partial charge in [-0.3, -0.25) is 4.79 Å². The number of carbonyl (C=O) groups excluding carboxylic acids is 1. The first-order chi connectivity index (χ1) is 11.3. The standard InChI is InChI=1S/C19H19N3O/c1-2-22-17-11-7-6-10-16(17)21-18(22)14-20-19(23)13-12-15-8-4-3-5-9-15/h3-13H,2,14H2,1H3,(H,20,23)/b13-12-. The number of fused-ring (bicyclic) bond motifs is 1. The molecule has 1 heterocycles. The summed E-state index contributed by atoms with van der Waals surface area (Å²) >= 11 is 0. The summed E-state index contributed by atoms with van der Waals surface area (Å²) in [6.07, 6.45) is 3.35. The second-order valence-corrected chi connectivity index (χ2v) is 5.22. The minimum Gasteiger partial charge on any atom is -0.345 e. The van der Waals surface area contributed by atoms with Gasteiger partial charge in [-0.2, -0.15) is 0 Å². The van der Waals surface area contributed by atoms with E-state index in [2.05, 4.69) is 21.8 Å². The minimum atomic E-state index is -0.122. The fourth-order valence-corrected chi connectivity index (χ4v) is 2.57. The van der Waals surface area contributed by atoms with E-state index >= 15 is 0 Å². The molecule has 1 N–H and O–H groups in total. The Hall–Kier alpha value is -2.88. The Labute approximate surface area is 135 Å². The molecule has 0 unspecified atom stereocenters. The van der Waals surface area contributed by atoms with Crippen molar-refractivity contribution in [1.82, 2.24) is 14.9 Å². The van der Waals surface area contributed by atoms with E-state index in [4.69, 9.17) is 0 Å². The van der Waals surface area contributed by atoms with Crippen molar-refractivity contribution in [2.45, 2.75) is 20.0 Å². The van der Waals surface area contributed by atoms with E-state index in [-0.39, 0.29) is 5.91 Å². The van der Waals surface area contributed by atoms with Gasteiger partial charge in [-0.15, -0.1) is 0 Å². The van der Waals surface area contributed by atoms with Gasteiger partial charge in [0.15, 0.2) is 0 Å². The van der Waals surface area contributed by atoms with E-state index in [9.17, 15) is 4.79 Å². The van der Waals surface area contributed by atoms with Crippen molar-refractivity contribution in [3.8, 4) is 0 Å². The zero-order chi connectivity index (χ0) is 16.1. The average molecular weight is 305 g/mol. The van der Waals surface area contributed by atoms with E-state index in [1.165, 1.54) is 0 Å². The molecule has 4 nitrogen and oxygen atoms in total. The maximum Gasteiger partial charge on any atom is 0.244 e. The normalized spacial score (nSPS) is 11.2. The van der Waals surface area contributed by atoms with Crippen molar-refractivity contribution in [3.63, 3.8) is 0 Å². The van der Waals surface area contributed by atoms with Gasteiger partial charge in [-0.25, -0.2) is 4.98 Å². The highest BCUT2D eigenvalue weighted by Gasteiger charge is 2.09. The molecule has 1 aromatic heterocycles. The van der Waals surface area contributed by atoms with Crippen LogP contribution in [-0.4, -0.2) is 15.5 Å². The van der Waals surface area contributed by atoms with Crippen molar-refractivity contribution in [2.24, 2.45) is 0 Å². The molecule has 1 amide bonds. The molecule has 0 aliphatic carbocycles. The SMILES string of the molecule is CCn1c(CNC(=O)/C=C\c2ccccc2)nc2ccccc21. The maximum atomic E-state index is 12.0. The molecule has 0 saturated carbocycles. The van der Waals surface area contributed by atoms with Gasteiger partial charge in [0.25, 0.3) is 0 Å². The van der Waals surface area contributed by atoms with Crippen LogP contribution in [0.5, 0.6) is 0 Å². The van der Waals surface area contributed by atoms with Crippen molar-refractivity contribution in [1.29, 1.82) is 0 Å². The van der Waals surface area contributed by atoms with E-state index < -0.39 is 0 Å². The van der Waals surface area contributed by atoms with Gasteiger partial charge in [0.05, 0.1) is 17.6 Å². The number of imidazole rings is 1. The van der Waals surface area contributed by atoms with Gasteiger partial charge in [-0.05, 0) is 30.7 Å². The molecule has 23 heavy (non-hydrogen) atoms. The molecule has 2 aromatic carbocycles. The number of hydrogen-bond acceptors (Lipinski definition) is 2. The lowest BCUT2D eigenvalue weighted by Gasteiger charge is -2.06. The lowest BCUT2D eigenvalue weighted by atomic mass is 10.2. The molecular formula is C19H19N3O. The van der Waals surface area contributed by atoms with Crippen LogP contribution >= 0.6 is 0 Å². The van der Waals surface area contributed by atoms with Gasteiger partial charge >= 0.3 is 0 Å². The predicted octanol–water partition coefficient (Wildman–Crippen LogP) is 3.39. The van der Waals surface area contributed by atoms with Crippen LogP contribution in [-0.2, 0) is 17.9 Å². The zero-order valence-corrected chi connectivity index (χ0v) is 13.1. The van der Waals surface area contributed by atoms with Gasteiger partial charge < -0.3 is 9.88 Å². The highest BCUT2D eigenvalue weighted by molar-refractivity contribution is 5.91. The molecule has 116 valence electrons. The highest BCUT2D eigenvalue weighted by atomic mass is 16.1. The number of hydrogen-bond donors (Lipinski definition) is 1. The third kappa shape index (κ3) is 3.48. The second-order valence-electron chi connectivity index (χ2n) is 5.22. The number of nitrogens with zero attached hydrogens (tertiary/aromatic N) is 2. The molecule has 0 aliphatic heterocycles. The first-order valence-corrected chi connectivity index (χ1v) is 7.73. The highest BCUT2D eigenvalue weighted by Crippen LogP contribution is 2.15. The number of aromatic nitrogens is 2. The molecule has 3 rings (SSSR count). The maximum absolute atomic E-state index is 12.0. The van der Waals surface area contributed by atoms with Crippen molar-refractivity contribution >= 4 is 23.0 Å². The van der Waals surface area contributed by atoms with Gasteiger partial charge in [0.1, 0.15) is 5.82 Å². The molecule has 0 radical (unpaired) electrons. The number of nitrogens with one attached hydrogen (secondary N) is 1. The molecule has 0 bridgehead atoms. The van der Waals surface area contributed by atoms with E-state index in [1.807, 2.05) is 54.6 Å². The Morgan fingerprint density at radius 1 is 1.13 bits per heavy atom. The third-order valence-corrected chi connectivity index (χ3v) is 3.70. The molecule has 3 aromatic rings. The summed E-state index contributed by atoms with van der Waals surface area (Å²) in [5.41, 5.74) is 3.06. The monoisotopic (exact) mass is 305 g/mol. The summed E-state index contributed by atoms with van der Waals surface area (Å²) in [6, 6.07) is 17.8. The van der Waals surface area contributed by atoms with Crippen LogP contribution in [0.2, 0.25) is 0 Å². The molecule has 0 fully saturated rings. The Kier molecular flexibility index (Phi) is 4.52. The topological polar surface area (TPSA) is 46.9 Å². The zero-order valence-electron chi connectivity index (χ0n) is 13.1. The Morgan fingerprint density at radius 3 is 2.65 bits per heavy atom. The smallest absolute Gasteiger partial charge is 0.244 e. The van der Waals surface area contributed by atoms with Gasteiger partial charge in [0.2, 0.25) is 5.91 Å². The first kappa shape index (κ1) is 15.0. The summed E-state index contributed by atoms with van der Waals surface area (Å²) in [6.45, 7) is 3.32. The Bertz CT molecular complexity index is 834. The fraction of sp³-hybridized carbons (Fsp3) is 0.158. The predicted molar refractivity (Wildman–Crippen MR) is 92.7 cm³/mol. The Morgan fingerprint density at radius 2 is 1.87 bits per heavy atom. The van der Waals surface area contributed by atoms with Crippen LogP contribution in [0.15, 0.2) is 60.7 Å². The number of benzene rings is 2. The lowest BCUT2D eigenvalue weighted by molar-refractivity contribution is -0.116. The van der Waals surface area contributed by atoms with Crippen LogP contribution in [0, 0.1) is 0 Å². The van der Waals surface area contributed by atoms with E-state index in [1.54, 1.807) is 12.2 Å². The van der Waals surface area contributed by atoms with Crippen LogP contribution < -0.4 is 5.32 Å². The van der Waals surface area contributed by atoms with Crippen LogP contribution in [0.25, 0.3) is 17.1 Å². The van der Waals surface area contributed by atoms with Crippen LogP contribution in [0.4, 0.5) is 0 Å². The quantitative estimate of drug-likeness (QED) is 0.735. The first-order valence-electron chi connectivity index (χ1n) is 7.73. The van der Waals surface area contributed by atoms with E-state index in [0.29, 0.717) is 6.54 Å².